The Morgan fingerprint density at radius 2 is 0.739 bits per heavy atom. The lowest BCUT2D eigenvalue weighted by Crippen LogP contribution is -2.25. The maximum absolute atomic E-state index is 12.2. The number of hydrogen-bond acceptors (Lipinski definition) is 8. The highest BCUT2D eigenvalue weighted by Crippen LogP contribution is 2.56. The molecule has 69 heavy (non-hydrogen) atoms. The third kappa shape index (κ3) is 8.87. The van der Waals surface area contributed by atoms with Crippen LogP contribution in [-0.4, -0.2) is 64.2 Å². The number of fused-ring (bicyclic) bond motifs is 9. The van der Waals surface area contributed by atoms with Gasteiger partial charge in [-0.2, -0.15) is 0 Å². The smallest absolute Gasteiger partial charge is 0.354 e. The van der Waals surface area contributed by atoms with Gasteiger partial charge in [-0.1, -0.05) is 127 Å². The van der Waals surface area contributed by atoms with E-state index >= 15 is 0 Å². The van der Waals surface area contributed by atoms with Crippen LogP contribution in [0.15, 0.2) is 97.1 Å². The normalized spacial score (nSPS) is 12.7. The van der Waals surface area contributed by atoms with Gasteiger partial charge in [-0.15, -0.1) is 0 Å². The molecule has 0 atom stereocenters. The lowest BCUT2D eigenvalue weighted by atomic mass is 9.70. The maximum Gasteiger partial charge on any atom is 0.354 e. The number of carboxylic acids is 4. The Morgan fingerprint density at radius 3 is 1.12 bits per heavy atom. The molecule has 8 aromatic rings. The van der Waals surface area contributed by atoms with E-state index in [1.165, 1.54) is 61.1 Å². The minimum Gasteiger partial charge on any atom is -0.477 e. The van der Waals surface area contributed by atoms with E-state index in [9.17, 15) is 39.6 Å². The average Bonchev–Trinajstić information content (AvgIpc) is 3.62. The van der Waals surface area contributed by atoms with Crippen molar-refractivity contribution in [1.82, 2.24) is 19.9 Å². The lowest BCUT2D eigenvalue weighted by Gasteiger charge is -2.33. The molecule has 4 aromatic heterocycles. The fraction of sp³-hybridized carbons (Fsp3) is 0.298. The number of nitrogens with zero attached hydrogens (tertiary/aromatic N) is 4. The molecular weight excluding hydrogens is 869 g/mol. The number of carboxylic acid groups (broad SMARTS) is 4. The standard InChI is InChI=1S/C57H54N4O8/c1-3-5-7-9-11-13-27-57(28-14-12-10-8-6-4-2)43-31-33(41-29-35-17-23-45(53(62)63)58-49(35)51-39(41)21-25-47(60-51)55(66)67)15-19-37(43)38-20-16-34(32-44(38)57)42-30-36-18-24-46(54(64)65)59-50(36)52-40(42)22-26-48(61-52)56(68)69/h15-26,29-32H,3-14,27-28H2,1-2H3,(H,62,63)(H,64,65)(H,66,67)(H,68,69). The Balaban J connectivity index is 1.25. The second-order valence-electron chi connectivity index (χ2n) is 18.4. The van der Waals surface area contributed by atoms with Gasteiger partial charge in [-0.25, -0.2) is 39.1 Å². The minimum atomic E-state index is -1.20. The van der Waals surface area contributed by atoms with Crippen molar-refractivity contribution in [2.45, 2.75) is 109 Å². The van der Waals surface area contributed by atoms with Gasteiger partial charge in [0.05, 0.1) is 22.1 Å². The van der Waals surface area contributed by atoms with E-state index < -0.39 is 29.3 Å². The third-order valence-corrected chi connectivity index (χ3v) is 14.0. The molecule has 1 aliphatic rings. The fourth-order valence-corrected chi connectivity index (χ4v) is 10.6. The van der Waals surface area contributed by atoms with Gasteiger partial charge >= 0.3 is 23.9 Å². The molecule has 12 heteroatoms. The van der Waals surface area contributed by atoms with Crippen molar-refractivity contribution in [1.29, 1.82) is 0 Å². The number of hydrogen-bond donors (Lipinski definition) is 4. The highest BCUT2D eigenvalue weighted by molar-refractivity contribution is 6.13. The molecule has 0 spiro atoms. The van der Waals surface area contributed by atoms with Crippen LogP contribution in [0.4, 0.5) is 0 Å². The summed E-state index contributed by atoms with van der Waals surface area (Å²) in [5.74, 6) is -4.78. The molecule has 12 nitrogen and oxygen atoms in total. The molecule has 1 aliphatic carbocycles. The van der Waals surface area contributed by atoms with Crippen LogP contribution in [0.2, 0.25) is 0 Å². The molecule has 0 saturated carbocycles. The molecule has 350 valence electrons. The molecule has 0 aliphatic heterocycles. The highest BCUT2D eigenvalue weighted by atomic mass is 16.4. The summed E-state index contributed by atoms with van der Waals surface area (Å²) in [5, 5.41) is 42.2. The number of unbranched alkanes of at least 4 members (excludes halogenated alkanes) is 10. The molecule has 0 saturated heterocycles. The predicted molar refractivity (Wildman–Crippen MR) is 269 cm³/mol. The van der Waals surface area contributed by atoms with E-state index in [1.54, 1.807) is 24.3 Å². The van der Waals surface area contributed by atoms with E-state index in [0.29, 0.717) is 43.6 Å². The number of benzene rings is 4. The Hall–Kier alpha value is -7.60. The molecule has 4 heterocycles. The summed E-state index contributed by atoms with van der Waals surface area (Å²) in [4.78, 5) is 66.5. The van der Waals surface area contributed by atoms with Gasteiger partial charge in [0, 0.05) is 27.0 Å². The zero-order valence-electron chi connectivity index (χ0n) is 38.8. The van der Waals surface area contributed by atoms with Crippen molar-refractivity contribution in [2.24, 2.45) is 0 Å². The van der Waals surface area contributed by atoms with Crippen LogP contribution in [0.5, 0.6) is 0 Å². The van der Waals surface area contributed by atoms with Crippen LogP contribution in [0.25, 0.3) is 77.0 Å². The summed E-state index contributed by atoms with van der Waals surface area (Å²) in [6.07, 6.45) is 15.5. The van der Waals surface area contributed by atoms with Gasteiger partial charge in [0.15, 0.2) is 0 Å². The van der Waals surface area contributed by atoms with Gasteiger partial charge < -0.3 is 20.4 Å². The second kappa shape index (κ2) is 19.6. The largest absolute Gasteiger partial charge is 0.477 e. The van der Waals surface area contributed by atoms with Crippen LogP contribution < -0.4 is 0 Å². The first-order chi connectivity index (χ1) is 33.4. The van der Waals surface area contributed by atoms with Gasteiger partial charge in [-0.05, 0) is 118 Å². The lowest BCUT2D eigenvalue weighted by molar-refractivity contribution is 0.0680. The minimum absolute atomic E-state index is 0.162. The topological polar surface area (TPSA) is 201 Å². The quantitative estimate of drug-likeness (QED) is 0.0417. The maximum atomic E-state index is 12.2. The number of rotatable bonds is 20. The van der Waals surface area contributed by atoms with E-state index in [4.69, 9.17) is 0 Å². The summed E-state index contributed by atoms with van der Waals surface area (Å²) >= 11 is 0. The zero-order chi connectivity index (χ0) is 48.4. The Labute approximate surface area is 399 Å². The van der Waals surface area contributed by atoms with Crippen molar-refractivity contribution >= 4 is 67.5 Å². The van der Waals surface area contributed by atoms with Crippen LogP contribution in [-0.2, 0) is 5.41 Å². The zero-order valence-corrected chi connectivity index (χ0v) is 38.8. The van der Waals surface area contributed by atoms with Crippen molar-refractivity contribution in [3.05, 3.63) is 131 Å². The van der Waals surface area contributed by atoms with E-state index in [2.05, 4.69) is 70.2 Å². The van der Waals surface area contributed by atoms with Crippen LogP contribution in [0.1, 0.15) is 157 Å². The average molecular weight is 923 g/mol. The van der Waals surface area contributed by atoms with Gasteiger partial charge in [0.25, 0.3) is 0 Å². The van der Waals surface area contributed by atoms with Crippen molar-refractivity contribution in [2.75, 3.05) is 0 Å². The Bertz CT molecular complexity index is 3140. The monoisotopic (exact) mass is 922 g/mol. The van der Waals surface area contributed by atoms with E-state index in [1.807, 2.05) is 12.1 Å². The molecule has 0 amide bonds. The highest BCUT2D eigenvalue weighted by Gasteiger charge is 2.43. The number of aromatic carboxylic acids is 4. The summed E-state index contributed by atoms with van der Waals surface area (Å²) in [6.45, 7) is 4.45. The summed E-state index contributed by atoms with van der Waals surface area (Å²) < 4.78 is 0. The van der Waals surface area contributed by atoms with Gasteiger partial charge in [0.2, 0.25) is 0 Å². The molecule has 9 rings (SSSR count). The first-order valence-electron chi connectivity index (χ1n) is 24.1. The van der Waals surface area contributed by atoms with E-state index in [0.717, 1.165) is 97.6 Å². The molecular formula is C57H54N4O8. The van der Waals surface area contributed by atoms with Crippen LogP contribution in [0.3, 0.4) is 0 Å². The summed E-state index contributed by atoms with van der Waals surface area (Å²) in [6, 6.07) is 29.9. The predicted octanol–water partition coefficient (Wildman–Crippen LogP) is 13.8. The van der Waals surface area contributed by atoms with Crippen LogP contribution in [0, 0.1) is 0 Å². The van der Waals surface area contributed by atoms with E-state index in [-0.39, 0.29) is 22.8 Å². The molecule has 4 N–H and O–H groups in total. The molecule has 4 aromatic carbocycles. The van der Waals surface area contributed by atoms with Crippen molar-refractivity contribution in [3.63, 3.8) is 0 Å². The first kappa shape index (κ1) is 46.5. The molecule has 0 unspecified atom stereocenters. The Kier molecular flexibility index (Phi) is 13.2. The second-order valence-corrected chi connectivity index (χ2v) is 18.4. The molecule has 0 radical (unpaired) electrons. The number of carbonyl (C=O) groups is 4. The van der Waals surface area contributed by atoms with Crippen molar-refractivity contribution in [3.8, 4) is 33.4 Å². The third-order valence-electron chi connectivity index (χ3n) is 14.0. The summed E-state index contributed by atoms with van der Waals surface area (Å²) in [7, 11) is 0. The Morgan fingerprint density at radius 1 is 0.391 bits per heavy atom. The SMILES string of the molecule is CCCCCCCCC1(CCCCCCCC)c2cc(-c3cc4ccc(C(=O)O)nc4c4nc(C(=O)O)ccc34)ccc2-c2ccc(-c3cc4ccc(C(=O)O)nc4c4nc(C(=O)O)ccc34)cc21. The number of aromatic nitrogens is 4. The first-order valence-corrected chi connectivity index (χ1v) is 24.1. The fourth-order valence-electron chi connectivity index (χ4n) is 10.6. The van der Waals surface area contributed by atoms with Crippen LogP contribution >= 0.6 is 0 Å². The molecule has 0 bridgehead atoms. The van der Waals surface area contributed by atoms with Gasteiger partial charge in [-0.3, -0.25) is 0 Å². The van der Waals surface area contributed by atoms with Gasteiger partial charge in [0.1, 0.15) is 22.8 Å². The van der Waals surface area contributed by atoms with Crippen molar-refractivity contribution < 1.29 is 39.6 Å². The number of pyridine rings is 4. The molecule has 0 fully saturated rings. The summed E-state index contributed by atoms with van der Waals surface area (Å²) in [5.41, 5.74) is 8.41.